The monoisotopic (exact) mass is 276 g/mol. The number of benzene rings is 1. The smallest absolute Gasteiger partial charge is 0.338 e. The first-order chi connectivity index (χ1) is 9.65. The summed E-state index contributed by atoms with van der Waals surface area (Å²) in [6.45, 7) is 6.64. The maximum atomic E-state index is 11.9. The number of esters is 1. The van der Waals surface area contributed by atoms with Crippen LogP contribution in [0.15, 0.2) is 30.9 Å². The number of hydrogen-bond donors (Lipinski definition) is 0. The molecule has 1 aliphatic carbocycles. The van der Waals surface area contributed by atoms with Gasteiger partial charge in [-0.15, -0.1) is 0 Å². The van der Waals surface area contributed by atoms with E-state index in [9.17, 15) is 4.79 Å². The third kappa shape index (κ3) is 3.53. The summed E-state index contributed by atoms with van der Waals surface area (Å²) in [5.74, 6) is 1.97. The van der Waals surface area contributed by atoms with Crippen LogP contribution in [-0.4, -0.2) is 26.3 Å². The van der Waals surface area contributed by atoms with Gasteiger partial charge in [-0.1, -0.05) is 19.6 Å². The van der Waals surface area contributed by atoms with Crippen LogP contribution in [0.5, 0.6) is 11.5 Å². The van der Waals surface area contributed by atoms with E-state index in [2.05, 4.69) is 13.5 Å². The van der Waals surface area contributed by atoms with Crippen molar-refractivity contribution < 1.29 is 19.0 Å². The van der Waals surface area contributed by atoms with Crippen molar-refractivity contribution in [2.75, 3.05) is 20.3 Å². The molecule has 20 heavy (non-hydrogen) atoms. The van der Waals surface area contributed by atoms with Crippen LogP contribution in [-0.2, 0) is 4.74 Å². The third-order valence-corrected chi connectivity index (χ3v) is 3.46. The molecule has 108 valence electrons. The van der Waals surface area contributed by atoms with E-state index in [1.54, 1.807) is 24.3 Å². The summed E-state index contributed by atoms with van der Waals surface area (Å²) >= 11 is 0. The average Bonchev–Trinajstić information content (AvgIpc) is 3.18. The van der Waals surface area contributed by atoms with Crippen molar-refractivity contribution in [3.8, 4) is 11.5 Å². The summed E-state index contributed by atoms with van der Waals surface area (Å²) < 4.78 is 16.0. The molecule has 1 aromatic rings. The highest BCUT2D eigenvalue weighted by atomic mass is 16.5. The minimum absolute atomic E-state index is 0.322. The van der Waals surface area contributed by atoms with Gasteiger partial charge in [-0.05, 0) is 36.5 Å². The van der Waals surface area contributed by atoms with Crippen molar-refractivity contribution in [3.05, 3.63) is 36.4 Å². The van der Waals surface area contributed by atoms with Crippen LogP contribution in [0.3, 0.4) is 0 Å². The van der Waals surface area contributed by atoms with E-state index < -0.39 is 0 Å². The van der Waals surface area contributed by atoms with Crippen molar-refractivity contribution in [3.63, 3.8) is 0 Å². The van der Waals surface area contributed by atoms with Crippen molar-refractivity contribution in [2.45, 2.75) is 13.3 Å². The Labute approximate surface area is 119 Å². The summed E-state index contributed by atoms with van der Waals surface area (Å²) in [4.78, 5) is 11.9. The molecule has 0 bridgehead atoms. The summed E-state index contributed by atoms with van der Waals surface area (Å²) in [6.07, 6.45) is 2.79. The van der Waals surface area contributed by atoms with Gasteiger partial charge in [0, 0.05) is 0 Å². The zero-order chi connectivity index (χ0) is 14.5. The Kier molecular flexibility index (Phi) is 4.66. The molecule has 0 aliphatic heterocycles. The highest BCUT2D eigenvalue weighted by Gasteiger charge is 2.33. The molecule has 0 saturated heterocycles. The first kappa shape index (κ1) is 14.4. The largest absolute Gasteiger partial charge is 0.493 e. The zero-order valence-corrected chi connectivity index (χ0v) is 11.9. The molecule has 2 rings (SSSR count). The minimum Gasteiger partial charge on any atom is -0.493 e. The minimum atomic E-state index is -0.322. The van der Waals surface area contributed by atoms with Crippen LogP contribution in [0.4, 0.5) is 0 Å². The normalized spacial score (nSPS) is 20.1. The van der Waals surface area contributed by atoms with E-state index >= 15 is 0 Å². The number of carbonyl (C=O) groups excluding carboxylic acids is 1. The molecule has 1 fully saturated rings. The van der Waals surface area contributed by atoms with Crippen LogP contribution < -0.4 is 9.47 Å². The first-order valence-corrected chi connectivity index (χ1v) is 6.74. The van der Waals surface area contributed by atoms with Crippen LogP contribution in [0.2, 0.25) is 0 Å². The summed E-state index contributed by atoms with van der Waals surface area (Å²) in [7, 11) is 1.54. The van der Waals surface area contributed by atoms with Crippen molar-refractivity contribution in [1.82, 2.24) is 0 Å². The van der Waals surface area contributed by atoms with Gasteiger partial charge in [0.1, 0.15) is 6.61 Å². The van der Waals surface area contributed by atoms with Gasteiger partial charge >= 0.3 is 5.97 Å². The number of carbonyl (C=O) groups is 1. The molecule has 1 saturated carbocycles. The second kappa shape index (κ2) is 6.46. The van der Waals surface area contributed by atoms with E-state index in [-0.39, 0.29) is 5.97 Å². The van der Waals surface area contributed by atoms with Gasteiger partial charge in [-0.25, -0.2) is 4.79 Å². The van der Waals surface area contributed by atoms with E-state index in [0.717, 1.165) is 6.42 Å². The van der Waals surface area contributed by atoms with Gasteiger partial charge < -0.3 is 14.2 Å². The Bertz CT molecular complexity index is 495. The fourth-order valence-corrected chi connectivity index (χ4v) is 1.96. The Balaban J connectivity index is 2.00. The van der Waals surface area contributed by atoms with E-state index in [4.69, 9.17) is 14.2 Å². The van der Waals surface area contributed by atoms with E-state index in [1.165, 1.54) is 7.11 Å². The lowest BCUT2D eigenvalue weighted by Gasteiger charge is -2.11. The molecule has 0 spiro atoms. The van der Waals surface area contributed by atoms with E-state index in [1.807, 2.05) is 0 Å². The molecule has 4 nitrogen and oxygen atoms in total. The van der Waals surface area contributed by atoms with Gasteiger partial charge in [0.25, 0.3) is 0 Å². The van der Waals surface area contributed by atoms with Gasteiger partial charge in [0.2, 0.25) is 0 Å². The Morgan fingerprint density at radius 3 is 2.80 bits per heavy atom. The van der Waals surface area contributed by atoms with Gasteiger partial charge in [-0.3, -0.25) is 0 Å². The topological polar surface area (TPSA) is 44.8 Å². The fraction of sp³-hybridized carbons (Fsp3) is 0.438. The van der Waals surface area contributed by atoms with Crippen LogP contribution >= 0.6 is 0 Å². The van der Waals surface area contributed by atoms with Crippen LogP contribution in [0, 0.1) is 11.8 Å². The molecule has 1 aromatic carbocycles. The molecule has 0 N–H and O–H groups in total. The zero-order valence-electron chi connectivity index (χ0n) is 11.9. The maximum Gasteiger partial charge on any atom is 0.338 e. The molecule has 0 aromatic heterocycles. The Morgan fingerprint density at radius 2 is 2.20 bits per heavy atom. The standard InChI is InChI=1S/C16H20O4/c1-4-7-19-14-6-5-12(9-15(14)18-3)16(17)20-10-13-8-11(13)2/h4-6,9,11,13H,1,7-8,10H2,2-3H3. The Morgan fingerprint density at radius 1 is 1.45 bits per heavy atom. The lowest BCUT2D eigenvalue weighted by Crippen LogP contribution is -2.08. The number of ether oxygens (including phenoxy) is 3. The molecule has 0 heterocycles. The molecular formula is C16H20O4. The maximum absolute atomic E-state index is 11.9. The third-order valence-electron chi connectivity index (χ3n) is 3.46. The van der Waals surface area contributed by atoms with Crippen molar-refractivity contribution in [2.24, 2.45) is 11.8 Å². The first-order valence-electron chi connectivity index (χ1n) is 6.74. The molecule has 0 radical (unpaired) electrons. The predicted molar refractivity (Wildman–Crippen MR) is 76.2 cm³/mol. The van der Waals surface area contributed by atoms with Crippen LogP contribution in [0.1, 0.15) is 23.7 Å². The summed E-state index contributed by atoms with van der Waals surface area (Å²) in [5, 5.41) is 0. The van der Waals surface area contributed by atoms with Gasteiger partial charge in [0.15, 0.2) is 11.5 Å². The average molecular weight is 276 g/mol. The fourth-order valence-electron chi connectivity index (χ4n) is 1.96. The second-order valence-corrected chi connectivity index (χ2v) is 5.04. The van der Waals surface area contributed by atoms with Gasteiger partial charge in [-0.2, -0.15) is 0 Å². The lowest BCUT2D eigenvalue weighted by atomic mass is 10.2. The second-order valence-electron chi connectivity index (χ2n) is 5.04. The number of hydrogen-bond acceptors (Lipinski definition) is 4. The van der Waals surface area contributed by atoms with E-state index in [0.29, 0.717) is 42.1 Å². The summed E-state index contributed by atoms with van der Waals surface area (Å²) in [6, 6.07) is 5.02. The molecule has 2 unspecified atom stereocenters. The molecule has 2 atom stereocenters. The van der Waals surface area contributed by atoms with Crippen molar-refractivity contribution >= 4 is 5.97 Å². The molecule has 4 heteroatoms. The quantitative estimate of drug-likeness (QED) is 0.567. The highest BCUT2D eigenvalue weighted by molar-refractivity contribution is 5.90. The molecule has 1 aliphatic rings. The predicted octanol–water partition coefficient (Wildman–Crippen LogP) is 3.07. The van der Waals surface area contributed by atoms with Crippen LogP contribution in [0.25, 0.3) is 0 Å². The lowest BCUT2D eigenvalue weighted by molar-refractivity contribution is 0.0481. The SMILES string of the molecule is C=CCOc1ccc(C(=O)OCC2CC2C)cc1OC. The summed E-state index contributed by atoms with van der Waals surface area (Å²) in [5.41, 5.74) is 0.473. The van der Waals surface area contributed by atoms with Crippen molar-refractivity contribution in [1.29, 1.82) is 0 Å². The number of methoxy groups -OCH3 is 1. The highest BCUT2D eigenvalue weighted by Crippen LogP contribution is 2.38. The Hall–Kier alpha value is -1.97. The van der Waals surface area contributed by atoms with Gasteiger partial charge in [0.05, 0.1) is 19.3 Å². The number of rotatable bonds is 7. The molecular weight excluding hydrogens is 256 g/mol. The molecule has 0 amide bonds.